The largest absolute Gasteiger partial charge is 0.354 e. The van der Waals surface area contributed by atoms with Crippen molar-refractivity contribution in [1.29, 1.82) is 0 Å². The molecule has 0 N–H and O–H groups in total. The first kappa shape index (κ1) is 12.0. The maximum absolute atomic E-state index is 5.16. The number of nitrogens with zero attached hydrogens (tertiary/aromatic N) is 3. The van der Waals surface area contributed by atoms with E-state index in [2.05, 4.69) is 30.2 Å². The normalized spacial score (nSPS) is 11.6. The lowest BCUT2D eigenvalue weighted by Gasteiger charge is -2.13. The Morgan fingerprint density at radius 1 is 1.18 bits per heavy atom. The number of methoxy groups -OCH3 is 2. The molecule has 0 radical (unpaired) electrons. The van der Waals surface area contributed by atoms with Crippen LogP contribution >= 0.6 is 0 Å². The van der Waals surface area contributed by atoms with Crippen LogP contribution in [0, 0.1) is 13.8 Å². The molecule has 5 nitrogen and oxygen atoms in total. The van der Waals surface area contributed by atoms with Gasteiger partial charge < -0.3 is 9.47 Å². The average Bonchev–Trinajstić information content (AvgIpc) is 2.69. The summed E-state index contributed by atoms with van der Waals surface area (Å²) in [5, 5.41) is 8.26. The highest BCUT2D eigenvalue weighted by Crippen LogP contribution is 2.17. The summed E-state index contributed by atoms with van der Waals surface area (Å²) in [5.41, 5.74) is 4.36. The fraction of sp³-hybridized carbons (Fsp3) is 0.500. The number of ether oxygens (including phenoxy) is 2. The fourth-order valence-electron chi connectivity index (χ4n) is 1.74. The summed E-state index contributed by atoms with van der Waals surface area (Å²) in [5.74, 6) is 0. The zero-order valence-electron chi connectivity index (χ0n) is 10.6. The molecule has 1 heterocycles. The van der Waals surface area contributed by atoms with Crippen LogP contribution in [0.15, 0.2) is 12.1 Å². The molecule has 17 heavy (non-hydrogen) atoms. The summed E-state index contributed by atoms with van der Waals surface area (Å²) in [6, 6.07) is 4.13. The molecule has 92 valence electrons. The summed E-state index contributed by atoms with van der Waals surface area (Å²) >= 11 is 0. The quantitative estimate of drug-likeness (QED) is 0.756. The molecule has 1 aromatic carbocycles. The van der Waals surface area contributed by atoms with Crippen LogP contribution in [0.1, 0.15) is 11.1 Å². The molecular formula is C12H17N3O2. The number of aryl methyl sites for hydroxylation is 2. The Kier molecular flexibility index (Phi) is 3.40. The summed E-state index contributed by atoms with van der Waals surface area (Å²) in [4.78, 5) is 0. The van der Waals surface area contributed by atoms with Gasteiger partial charge in [0, 0.05) is 14.2 Å². The van der Waals surface area contributed by atoms with E-state index in [0.717, 1.165) is 11.0 Å². The lowest BCUT2D eigenvalue weighted by molar-refractivity contribution is -0.112. The summed E-state index contributed by atoms with van der Waals surface area (Å²) in [7, 11) is 3.23. The third-order valence-corrected chi connectivity index (χ3v) is 2.98. The summed E-state index contributed by atoms with van der Waals surface area (Å²) in [6.07, 6.45) is -0.304. The molecule has 0 saturated heterocycles. The maximum Gasteiger partial charge on any atom is 0.176 e. The molecule has 0 aliphatic rings. The first-order chi connectivity index (χ1) is 8.15. The van der Waals surface area contributed by atoms with E-state index in [1.54, 1.807) is 18.9 Å². The first-order valence-electron chi connectivity index (χ1n) is 5.51. The molecule has 2 aromatic rings. The van der Waals surface area contributed by atoms with Gasteiger partial charge in [0.25, 0.3) is 0 Å². The first-order valence-corrected chi connectivity index (χ1v) is 5.51. The Morgan fingerprint density at radius 2 is 1.82 bits per heavy atom. The van der Waals surface area contributed by atoms with Crippen LogP contribution < -0.4 is 0 Å². The van der Waals surface area contributed by atoms with E-state index < -0.39 is 0 Å². The lowest BCUT2D eigenvalue weighted by Crippen LogP contribution is -2.21. The summed E-state index contributed by atoms with van der Waals surface area (Å²) < 4.78 is 12.1. The highest BCUT2D eigenvalue weighted by molar-refractivity contribution is 5.76. The van der Waals surface area contributed by atoms with E-state index in [9.17, 15) is 0 Å². The van der Waals surface area contributed by atoms with Crippen LogP contribution in [0.5, 0.6) is 0 Å². The minimum Gasteiger partial charge on any atom is -0.354 e. The molecule has 1 aromatic heterocycles. The van der Waals surface area contributed by atoms with Gasteiger partial charge >= 0.3 is 0 Å². The molecule has 0 amide bonds. The van der Waals surface area contributed by atoms with E-state index in [1.807, 2.05) is 6.07 Å². The van der Waals surface area contributed by atoms with Crippen molar-refractivity contribution in [3.63, 3.8) is 0 Å². The van der Waals surface area contributed by atoms with E-state index in [4.69, 9.17) is 9.47 Å². The molecule has 0 fully saturated rings. The van der Waals surface area contributed by atoms with E-state index in [1.165, 1.54) is 11.1 Å². The van der Waals surface area contributed by atoms with Gasteiger partial charge in [-0.3, -0.25) is 0 Å². The van der Waals surface area contributed by atoms with Crippen molar-refractivity contribution < 1.29 is 9.47 Å². The number of fused-ring (bicyclic) bond motifs is 1. The van der Waals surface area contributed by atoms with Gasteiger partial charge in [-0.05, 0) is 37.1 Å². The van der Waals surface area contributed by atoms with Crippen molar-refractivity contribution in [2.75, 3.05) is 14.2 Å². The van der Waals surface area contributed by atoms with Crippen LogP contribution in [0.2, 0.25) is 0 Å². The smallest absolute Gasteiger partial charge is 0.176 e. The van der Waals surface area contributed by atoms with Gasteiger partial charge in [0.1, 0.15) is 5.52 Å². The molecule has 0 saturated carbocycles. The number of hydrogen-bond donors (Lipinski definition) is 0. The van der Waals surface area contributed by atoms with Crippen LogP contribution in [0.3, 0.4) is 0 Å². The third-order valence-electron chi connectivity index (χ3n) is 2.98. The second-order valence-electron chi connectivity index (χ2n) is 4.10. The van der Waals surface area contributed by atoms with Crippen molar-refractivity contribution in [1.82, 2.24) is 15.0 Å². The number of rotatable bonds is 4. The Bertz CT molecular complexity index is 518. The van der Waals surface area contributed by atoms with E-state index >= 15 is 0 Å². The van der Waals surface area contributed by atoms with Crippen molar-refractivity contribution in [2.45, 2.75) is 26.7 Å². The molecule has 0 atom stereocenters. The monoisotopic (exact) mass is 235 g/mol. The van der Waals surface area contributed by atoms with Gasteiger partial charge in [-0.2, -0.15) is 0 Å². The van der Waals surface area contributed by atoms with Crippen molar-refractivity contribution in [3.8, 4) is 0 Å². The van der Waals surface area contributed by atoms with Gasteiger partial charge in [-0.15, -0.1) is 5.10 Å². The number of benzene rings is 1. The van der Waals surface area contributed by atoms with Crippen LogP contribution in [-0.2, 0) is 16.0 Å². The van der Waals surface area contributed by atoms with Gasteiger partial charge in [-0.25, -0.2) is 4.68 Å². The molecular weight excluding hydrogens is 218 g/mol. The molecule has 5 heteroatoms. The number of aromatic nitrogens is 3. The highest BCUT2D eigenvalue weighted by atomic mass is 16.7. The zero-order chi connectivity index (χ0) is 12.4. The van der Waals surface area contributed by atoms with Crippen LogP contribution in [-0.4, -0.2) is 35.5 Å². The SMILES string of the molecule is COC(Cn1nnc2cc(C)c(C)cc21)OC. The molecule has 2 rings (SSSR count). The third kappa shape index (κ3) is 2.30. The van der Waals surface area contributed by atoms with E-state index in [0.29, 0.717) is 6.54 Å². The highest BCUT2D eigenvalue weighted by Gasteiger charge is 2.11. The van der Waals surface area contributed by atoms with Crippen LogP contribution in [0.4, 0.5) is 0 Å². The lowest BCUT2D eigenvalue weighted by atomic mass is 10.1. The Morgan fingerprint density at radius 3 is 2.47 bits per heavy atom. The predicted octanol–water partition coefficient (Wildman–Crippen LogP) is 1.67. The predicted molar refractivity (Wildman–Crippen MR) is 64.8 cm³/mol. The standard InChI is InChI=1S/C12H17N3O2/c1-8-5-10-11(6-9(8)2)15(14-13-10)7-12(16-3)17-4/h5-6,12H,7H2,1-4H3. The fourth-order valence-corrected chi connectivity index (χ4v) is 1.74. The molecule has 0 aliphatic carbocycles. The zero-order valence-corrected chi connectivity index (χ0v) is 10.6. The van der Waals surface area contributed by atoms with Gasteiger partial charge in [0.05, 0.1) is 12.1 Å². The maximum atomic E-state index is 5.16. The average molecular weight is 235 g/mol. The Labute approximate surface area is 100 Å². The van der Waals surface area contributed by atoms with Crippen molar-refractivity contribution >= 4 is 11.0 Å². The van der Waals surface area contributed by atoms with Crippen molar-refractivity contribution in [2.24, 2.45) is 0 Å². The van der Waals surface area contributed by atoms with Gasteiger partial charge in [-0.1, -0.05) is 5.21 Å². The summed E-state index contributed by atoms with van der Waals surface area (Å²) in [6.45, 7) is 4.68. The molecule has 0 bridgehead atoms. The molecule has 0 aliphatic heterocycles. The van der Waals surface area contributed by atoms with Crippen LogP contribution in [0.25, 0.3) is 11.0 Å². The van der Waals surface area contributed by atoms with Crippen molar-refractivity contribution in [3.05, 3.63) is 23.3 Å². The minimum atomic E-state index is -0.304. The molecule has 0 spiro atoms. The second-order valence-corrected chi connectivity index (χ2v) is 4.10. The van der Waals surface area contributed by atoms with E-state index in [-0.39, 0.29) is 6.29 Å². The minimum absolute atomic E-state index is 0.304. The topological polar surface area (TPSA) is 49.2 Å². The van der Waals surface area contributed by atoms with Gasteiger partial charge in [0.15, 0.2) is 6.29 Å². The Hall–Kier alpha value is -1.46. The Balaban J connectivity index is 2.38. The van der Waals surface area contributed by atoms with Gasteiger partial charge in [0.2, 0.25) is 0 Å². The molecule has 0 unspecified atom stereocenters. The number of hydrogen-bond acceptors (Lipinski definition) is 4. The second kappa shape index (κ2) is 4.81.